The summed E-state index contributed by atoms with van der Waals surface area (Å²) in [7, 11) is -3.09. The lowest BCUT2D eigenvalue weighted by Gasteiger charge is -2.06. The predicted molar refractivity (Wildman–Crippen MR) is 57.0 cm³/mol. The van der Waals surface area contributed by atoms with Gasteiger partial charge in [-0.05, 0) is 43.1 Å². The Hall–Kier alpha value is -0.870. The van der Waals surface area contributed by atoms with E-state index in [9.17, 15) is 8.42 Å². The molecule has 14 heavy (non-hydrogen) atoms. The van der Waals surface area contributed by atoms with E-state index in [4.69, 9.17) is 5.73 Å². The first-order valence-electron chi connectivity index (χ1n) is 4.45. The third-order valence-corrected chi connectivity index (χ3v) is 3.27. The van der Waals surface area contributed by atoms with Crippen LogP contribution in [0.15, 0.2) is 23.1 Å². The molecule has 0 aliphatic carbocycles. The van der Waals surface area contributed by atoms with Crippen molar-refractivity contribution in [3.8, 4) is 0 Å². The van der Waals surface area contributed by atoms with Gasteiger partial charge in [0.1, 0.15) is 0 Å². The van der Waals surface area contributed by atoms with Crippen LogP contribution in [-0.2, 0) is 16.3 Å². The van der Waals surface area contributed by atoms with Crippen LogP contribution in [0.3, 0.4) is 0 Å². The van der Waals surface area contributed by atoms with Crippen LogP contribution in [0.5, 0.6) is 0 Å². The van der Waals surface area contributed by atoms with Crippen molar-refractivity contribution in [1.82, 2.24) is 0 Å². The van der Waals surface area contributed by atoms with E-state index in [1.54, 1.807) is 12.1 Å². The molecule has 0 amide bonds. The first-order valence-corrected chi connectivity index (χ1v) is 6.34. The summed E-state index contributed by atoms with van der Waals surface area (Å²) in [5.41, 5.74) is 7.53. The number of hydrogen-bond acceptors (Lipinski definition) is 3. The van der Waals surface area contributed by atoms with Gasteiger partial charge in [-0.25, -0.2) is 8.42 Å². The molecule has 3 nitrogen and oxygen atoms in total. The maximum absolute atomic E-state index is 11.2. The van der Waals surface area contributed by atoms with Gasteiger partial charge in [-0.15, -0.1) is 0 Å². The summed E-state index contributed by atoms with van der Waals surface area (Å²) < 4.78 is 22.5. The summed E-state index contributed by atoms with van der Waals surface area (Å²) in [5.74, 6) is 0. The molecule has 4 heteroatoms. The monoisotopic (exact) mass is 213 g/mol. The molecule has 0 bridgehead atoms. The molecule has 1 rings (SSSR count). The van der Waals surface area contributed by atoms with Crippen molar-refractivity contribution in [2.45, 2.75) is 18.2 Å². The lowest BCUT2D eigenvalue weighted by Crippen LogP contribution is -2.05. The number of hydrogen-bond donors (Lipinski definition) is 1. The highest BCUT2D eigenvalue weighted by atomic mass is 32.2. The summed E-state index contributed by atoms with van der Waals surface area (Å²) >= 11 is 0. The van der Waals surface area contributed by atoms with E-state index >= 15 is 0 Å². The van der Waals surface area contributed by atoms with E-state index in [1.807, 2.05) is 13.0 Å². The molecule has 0 spiro atoms. The molecule has 0 saturated carbocycles. The zero-order valence-corrected chi connectivity index (χ0v) is 9.26. The average molecular weight is 213 g/mol. The fourth-order valence-electron chi connectivity index (χ4n) is 1.34. The Kier molecular flexibility index (Phi) is 3.29. The zero-order chi connectivity index (χ0) is 10.8. The Bertz CT molecular complexity index is 424. The smallest absolute Gasteiger partial charge is 0.175 e. The number of sulfone groups is 1. The third kappa shape index (κ3) is 2.56. The minimum absolute atomic E-state index is 0.371. The fourth-order valence-corrected chi connectivity index (χ4v) is 2.04. The molecule has 1 aromatic carbocycles. The van der Waals surface area contributed by atoms with Gasteiger partial charge in [0.05, 0.1) is 4.90 Å². The lowest BCUT2D eigenvalue weighted by molar-refractivity contribution is 0.601. The van der Waals surface area contributed by atoms with Gasteiger partial charge in [0.15, 0.2) is 9.84 Å². The van der Waals surface area contributed by atoms with E-state index < -0.39 is 9.84 Å². The van der Waals surface area contributed by atoms with Gasteiger partial charge in [0.25, 0.3) is 0 Å². The highest BCUT2D eigenvalue weighted by Gasteiger charge is 2.08. The standard InChI is InChI=1S/C10H15NO2S/c1-8-7-10(14(2,12)13)4-3-9(8)5-6-11/h3-4,7H,5-6,11H2,1-2H3. The van der Waals surface area contributed by atoms with Crippen molar-refractivity contribution in [3.05, 3.63) is 29.3 Å². The summed E-state index contributed by atoms with van der Waals surface area (Å²) in [6, 6.07) is 5.16. The van der Waals surface area contributed by atoms with Crippen LogP contribution in [0.4, 0.5) is 0 Å². The molecule has 0 fully saturated rings. The van der Waals surface area contributed by atoms with Crippen LogP contribution >= 0.6 is 0 Å². The predicted octanol–water partition coefficient (Wildman–Crippen LogP) is 0.900. The Morgan fingerprint density at radius 3 is 2.43 bits per heavy atom. The molecule has 0 saturated heterocycles. The first-order chi connectivity index (χ1) is 6.45. The molecule has 0 radical (unpaired) electrons. The summed E-state index contributed by atoms with van der Waals surface area (Å²) in [6.45, 7) is 2.48. The van der Waals surface area contributed by atoms with Crippen LogP contribution in [0.2, 0.25) is 0 Å². The first kappa shape index (κ1) is 11.2. The minimum atomic E-state index is -3.09. The van der Waals surface area contributed by atoms with Gasteiger partial charge in [0, 0.05) is 6.26 Å². The van der Waals surface area contributed by atoms with Crippen LogP contribution in [-0.4, -0.2) is 21.2 Å². The summed E-state index contributed by atoms with van der Waals surface area (Å²) in [6.07, 6.45) is 2.00. The Balaban J connectivity index is 3.13. The van der Waals surface area contributed by atoms with E-state index in [2.05, 4.69) is 0 Å². The number of benzene rings is 1. The fraction of sp³-hybridized carbons (Fsp3) is 0.400. The number of nitrogens with two attached hydrogens (primary N) is 1. The van der Waals surface area contributed by atoms with Crippen molar-refractivity contribution in [2.24, 2.45) is 5.73 Å². The largest absolute Gasteiger partial charge is 0.330 e. The van der Waals surface area contributed by atoms with Crippen molar-refractivity contribution in [1.29, 1.82) is 0 Å². The maximum Gasteiger partial charge on any atom is 0.175 e. The SMILES string of the molecule is Cc1cc(S(C)(=O)=O)ccc1CCN. The van der Waals surface area contributed by atoms with Crippen molar-refractivity contribution in [2.75, 3.05) is 12.8 Å². The second-order valence-corrected chi connectivity index (χ2v) is 5.41. The van der Waals surface area contributed by atoms with Gasteiger partial charge >= 0.3 is 0 Å². The van der Waals surface area contributed by atoms with Crippen molar-refractivity contribution < 1.29 is 8.42 Å². The lowest BCUT2D eigenvalue weighted by atomic mass is 10.1. The molecule has 78 valence electrons. The van der Waals surface area contributed by atoms with Crippen LogP contribution < -0.4 is 5.73 Å². The molecule has 0 unspecified atom stereocenters. The third-order valence-electron chi connectivity index (χ3n) is 2.16. The Labute approximate surface area is 84.9 Å². The number of rotatable bonds is 3. The molecular weight excluding hydrogens is 198 g/mol. The van der Waals surface area contributed by atoms with E-state index in [-0.39, 0.29) is 0 Å². The molecule has 0 heterocycles. The normalized spacial score (nSPS) is 11.6. The molecular formula is C10H15NO2S. The quantitative estimate of drug-likeness (QED) is 0.811. The number of aryl methyl sites for hydroxylation is 1. The van der Waals surface area contributed by atoms with Gasteiger partial charge in [-0.1, -0.05) is 6.07 Å². The zero-order valence-electron chi connectivity index (χ0n) is 8.45. The van der Waals surface area contributed by atoms with E-state index in [0.29, 0.717) is 11.4 Å². The Morgan fingerprint density at radius 1 is 1.36 bits per heavy atom. The van der Waals surface area contributed by atoms with Gasteiger partial charge in [-0.2, -0.15) is 0 Å². The summed E-state index contributed by atoms with van der Waals surface area (Å²) in [5, 5.41) is 0. The second-order valence-electron chi connectivity index (χ2n) is 3.40. The average Bonchev–Trinajstić information content (AvgIpc) is 2.07. The van der Waals surface area contributed by atoms with Crippen LogP contribution in [0, 0.1) is 6.92 Å². The van der Waals surface area contributed by atoms with Gasteiger partial charge in [0.2, 0.25) is 0 Å². The van der Waals surface area contributed by atoms with E-state index in [1.165, 1.54) is 6.26 Å². The maximum atomic E-state index is 11.2. The molecule has 0 aliphatic rings. The van der Waals surface area contributed by atoms with Gasteiger partial charge in [-0.3, -0.25) is 0 Å². The summed E-state index contributed by atoms with van der Waals surface area (Å²) in [4.78, 5) is 0.371. The van der Waals surface area contributed by atoms with Crippen molar-refractivity contribution >= 4 is 9.84 Å². The van der Waals surface area contributed by atoms with Crippen LogP contribution in [0.1, 0.15) is 11.1 Å². The molecule has 2 N–H and O–H groups in total. The van der Waals surface area contributed by atoms with Crippen molar-refractivity contribution in [3.63, 3.8) is 0 Å². The topological polar surface area (TPSA) is 60.2 Å². The molecule has 0 aromatic heterocycles. The van der Waals surface area contributed by atoms with E-state index in [0.717, 1.165) is 17.5 Å². The second kappa shape index (κ2) is 4.11. The Morgan fingerprint density at radius 2 is 2.00 bits per heavy atom. The highest BCUT2D eigenvalue weighted by molar-refractivity contribution is 7.90. The molecule has 0 aliphatic heterocycles. The highest BCUT2D eigenvalue weighted by Crippen LogP contribution is 2.15. The minimum Gasteiger partial charge on any atom is -0.330 e. The van der Waals surface area contributed by atoms with Gasteiger partial charge < -0.3 is 5.73 Å². The molecule has 0 atom stereocenters. The van der Waals surface area contributed by atoms with Crippen LogP contribution in [0.25, 0.3) is 0 Å². The molecule has 1 aromatic rings.